The maximum absolute atomic E-state index is 12.2. The average Bonchev–Trinajstić information content (AvgIpc) is 2.81. The summed E-state index contributed by atoms with van der Waals surface area (Å²) in [4.78, 5) is 24.2. The quantitative estimate of drug-likeness (QED) is 0.114. The van der Waals surface area contributed by atoms with E-state index in [0.29, 0.717) is 58.8 Å². The summed E-state index contributed by atoms with van der Waals surface area (Å²) in [5, 5.41) is 5.77. The maximum atomic E-state index is 12.2. The molecule has 6 N–H and O–H groups in total. The van der Waals surface area contributed by atoms with Crippen LogP contribution in [0.15, 0.2) is 0 Å². The number of hydrogen-bond acceptors (Lipinski definition) is 8. The van der Waals surface area contributed by atoms with Crippen LogP contribution >= 0.6 is 0 Å². The number of carbonyl (C=O) groups is 2. The molecule has 0 aliphatic rings. The van der Waals surface area contributed by atoms with Gasteiger partial charge >= 0.3 is 0 Å². The van der Waals surface area contributed by atoms with Crippen molar-refractivity contribution in [3.8, 4) is 0 Å². The van der Waals surface area contributed by atoms with Gasteiger partial charge in [-0.05, 0) is 106 Å². The minimum Gasteiger partial charge on any atom is -0.375 e. The Labute approximate surface area is 257 Å². The van der Waals surface area contributed by atoms with E-state index in [1.54, 1.807) is 0 Å². The Balaban J connectivity index is 4.40. The first-order valence-corrected chi connectivity index (χ1v) is 15.8. The molecule has 0 radical (unpaired) electrons. The van der Waals surface area contributed by atoms with E-state index in [2.05, 4.69) is 38.3 Å². The molecular weight excluding hydrogens is 536 g/mol. The lowest BCUT2D eigenvalue weighted by Gasteiger charge is -2.36. The number of hydrogen-bond donors (Lipinski definition) is 4. The molecule has 42 heavy (non-hydrogen) atoms. The van der Waals surface area contributed by atoms with E-state index in [1.165, 1.54) is 0 Å². The molecule has 0 bridgehead atoms. The Morgan fingerprint density at radius 2 is 1.17 bits per heavy atom. The molecule has 0 rings (SSSR count). The van der Waals surface area contributed by atoms with Gasteiger partial charge in [-0.15, -0.1) is 0 Å². The van der Waals surface area contributed by atoms with Gasteiger partial charge in [-0.2, -0.15) is 0 Å². The van der Waals surface area contributed by atoms with Crippen LogP contribution in [0.1, 0.15) is 114 Å². The lowest BCUT2D eigenvalue weighted by Crippen LogP contribution is -2.37. The van der Waals surface area contributed by atoms with Crippen molar-refractivity contribution in [1.29, 1.82) is 0 Å². The topological polar surface area (TPSA) is 147 Å². The van der Waals surface area contributed by atoms with Crippen molar-refractivity contribution in [2.45, 2.75) is 143 Å². The summed E-state index contributed by atoms with van der Waals surface area (Å²) in [6, 6.07) is 0. The lowest BCUT2D eigenvalue weighted by atomic mass is 9.79. The van der Waals surface area contributed by atoms with Gasteiger partial charge in [0.2, 0.25) is 11.8 Å². The van der Waals surface area contributed by atoms with E-state index >= 15 is 0 Å². The monoisotopic (exact) mass is 602 g/mol. The minimum atomic E-state index is -0.544. The second kappa shape index (κ2) is 19.9. The van der Waals surface area contributed by atoms with Gasteiger partial charge in [0.1, 0.15) is 0 Å². The van der Waals surface area contributed by atoms with E-state index in [1.807, 2.05) is 41.5 Å². The van der Waals surface area contributed by atoms with E-state index < -0.39 is 11.2 Å². The molecular formula is C32H66N4O6. The highest BCUT2D eigenvalue weighted by molar-refractivity contribution is 5.77. The fourth-order valence-electron chi connectivity index (χ4n) is 4.90. The number of rotatable bonds is 25. The van der Waals surface area contributed by atoms with Crippen LogP contribution in [0.3, 0.4) is 0 Å². The van der Waals surface area contributed by atoms with Crippen molar-refractivity contribution in [3.63, 3.8) is 0 Å². The molecule has 0 spiro atoms. The van der Waals surface area contributed by atoms with Crippen LogP contribution in [0.25, 0.3) is 0 Å². The van der Waals surface area contributed by atoms with Crippen LogP contribution in [0, 0.1) is 5.41 Å². The van der Waals surface area contributed by atoms with Gasteiger partial charge in [-0.1, -0.05) is 13.8 Å². The largest absolute Gasteiger partial charge is 0.375 e. The highest BCUT2D eigenvalue weighted by atomic mass is 16.5. The zero-order chi connectivity index (χ0) is 32.5. The van der Waals surface area contributed by atoms with Crippen molar-refractivity contribution in [2.75, 3.05) is 46.0 Å². The van der Waals surface area contributed by atoms with Crippen molar-refractivity contribution in [2.24, 2.45) is 16.9 Å². The highest BCUT2D eigenvalue weighted by Crippen LogP contribution is 2.34. The van der Waals surface area contributed by atoms with Crippen LogP contribution in [0.4, 0.5) is 0 Å². The zero-order valence-corrected chi connectivity index (χ0v) is 28.7. The molecule has 250 valence electrons. The number of nitrogens with two attached hydrogens (primary N) is 2. The van der Waals surface area contributed by atoms with Crippen molar-refractivity contribution in [3.05, 3.63) is 0 Å². The van der Waals surface area contributed by atoms with Gasteiger partial charge in [0.15, 0.2) is 0 Å². The molecule has 2 unspecified atom stereocenters. The van der Waals surface area contributed by atoms with Crippen LogP contribution in [-0.2, 0) is 28.5 Å². The zero-order valence-electron chi connectivity index (χ0n) is 28.7. The van der Waals surface area contributed by atoms with Crippen molar-refractivity contribution < 1.29 is 28.5 Å². The third-order valence-corrected chi connectivity index (χ3v) is 6.95. The summed E-state index contributed by atoms with van der Waals surface area (Å²) in [6.45, 7) is 24.4. The van der Waals surface area contributed by atoms with Crippen LogP contribution < -0.4 is 22.1 Å². The maximum Gasteiger partial charge on any atom is 0.222 e. The minimum absolute atomic E-state index is 0.000537. The van der Waals surface area contributed by atoms with E-state index in [9.17, 15) is 9.59 Å². The smallest absolute Gasteiger partial charge is 0.222 e. The molecule has 0 aromatic heterocycles. The molecule has 0 saturated heterocycles. The fourth-order valence-corrected chi connectivity index (χ4v) is 4.90. The number of nitrogens with one attached hydrogen (secondary N) is 2. The normalized spacial score (nSPS) is 14.5. The molecule has 0 aromatic carbocycles. The molecule has 0 aliphatic heterocycles. The molecule has 0 aliphatic carbocycles. The van der Waals surface area contributed by atoms with Crippen molar-refractivity contribution >= 4 is 11.8 Å². The predicted octanol–water partition coefficient (Wildman–Crippen LogP) is 4.07. The predicted molar refractivity (Wildman–Crippen MR) is 170 cm³/mol. The van der Waals surface area contributed by atoms with E-state index in [0.717, 1.165) is 32.1 Å². The van der Waals surface area contributed by atoms with Gasteiger partial charge in [0.05, 0.1) is 48.5 Å². The molecule has 10 heteroatoms. The van der Waals surface area contributed by atoms with E-state index in [4.69, 9.17) is 30.4 Å². The molecule has 10 nitrogen and oxygen atoms in total. The van der Waals surface area contributed by atoms with Crippen LogP contribution in [0.5, 0.6) is 0 Å². The molecule has 2 atom stereocenters. The molecule has 0 fully saturated rings. The molecule has 0 saturated carbocycles. The Morgan fingerprint density at radius 1 is 0.690 bits per heavy atom. The van der Waals surface area contributed by atoms with Gasteiger partial charge in [-0.25, -0.2) is 0 Å². The standard InChI is InChI=1S/C32H66N4O6/c1-25(13-19-39-30(5,6)21-27(37)35-17-11-15-33)42-26(2)23-41-32(9,10)24-29(3,4)14-20-40-31(7,8)22-28(38)36-18-12-16-34/h25-26H,11-24,33-34H2,1-10H3,(H,35,37)(H,36,38). The summed E-state index contributed by atoms with van der Waals surface area (Å²) in [7, 11) is 0. The number of amides is 2. The van der Waals surface area contributed by atoms with Crippen LogP contribution in [-0.4, -0.2) is 86.8 Å². The van der Waals surface area contributed by atoms with Gasteiger partial charge < -0.3 is 41.0 Å². The summed E-state index contributed by atoms with van der Waals surface area (Å²) in [5.74, 6) is -0.0348. The first-order valence-electron chi connectivity index (χ1n) is 15.8. The summed E-state index contributed by atoms with van der Waals surface area (Å²) < 4.78 is 24.6. The fraction of sp³-hybridized carbons (Fsp3) is 0.938. The summed E-state index contributed by atoms with van der Waals surface area (Å²) in [6.07, 6.45) is 4.54. The summed E-state index contributed by atoms with van der Waals surface area (Å²) >= 11 is 0. The van der Waals surface area contributed by atoms with E-state index in [-0.39, 0.29) is 35.0 Å². The second-order valence-electron chi connectivity index (χ2n) is 14.3. The number of carbonyl (C=O) groups excluding carboxylic acids is 2. The van der Waals surface area contributed by atoms with Crippen molar-refractivity contribution in [1.82, 2.24) is 10.6 Å². The Kier molecular flexibility index (Phi) is 19.3. The molecule has 0 aromatic rings. The summed E-state index contributed by atoms with van der Waals surface area (Å²) in [5.41, 5.74) is 9.55. The van der Waals surface area contributed by atoms with Crippen LogP contribution in [0.2, 0.25) is 0 Å². The third kappa shape index (κ3) is 22.3. The first-order chi connectivity index (χ1) is 19.3. The lowest BCUT2D eigenvalue weighted by molar-refractivity contribution is -0.131. The van der Waals surface area contributed by atoms with Gasteiger partial charge in [0.25, 0.3) is 0 Å². The molecule has 0 heterocycles. The van der Waals surface area contributed by atoms with Gasteiger partial charge in [0, 0.05) is 26.3 Å². The Morgan fingerprint density at radius 3 is 1.64 bits per heavy atom. The Bertz CT molecular complexity index is 757. The SMILES string of the molecule is CC(CCOC(C)(C)CC(=O)NCCCN)OC(C)COC(C)(C)CC(C)(C)CCOC(C)(C)CC(=O)NCCCN. The Hall–Kier alpha value is -1.30. The number of ether oxygens (including phenoxy) is 4. The second-order valence-corrected chi connectivity index (χ2v) is 14.3. The van der Waals surface area contributed by atoms with Gasteiger partial charge in [-0.3, -0.25) is 9.59 Å². The molecule has 2 amide bonds. The highest BCUT2D eigenvalue weighted by Gasteiger charge is 2.31. The third-order valence-electron chi connectivity index (χ3n) is 6.95. The average molecular weight is 603 g/mol. The first kappa shape index (κ1) is 40.7.